The fourth-order valence-electron chi connectivity index (χ4n) is 1.98. The molecule has 0 bridgehead atoms. The van der Waals surface area contributed by atoms with Crippen LogP contribution in [0.5, 0.6) is 0 Å². The van der Waals surface area contributed by atoms with Crippen LogP contribution >= 0.6 is 11.8 Å². The van der Waals surface area contributed by atoms with Crippen LogP contribution in [0.3, 0.4) is 0 Å². The van der Waals surface area contributed by atoms with Gasteiger partial charge in [0.05, 0.1) is 0 Å². The van der Waals surface area contributed by atoms with E-state index in [0.29, 0.717) is 12.3 Å². The van der Waals surface area contributed by atoms with Crippen LogP contribution in [0.4, 0.5) is 4.79 Å². The highest BCUT2D eigenvalue weighted by atomic mass is 32.2. The Balaban J connectivity index is 2.02. The molecule has 98 valence electrons. The van der Waals surface area contributed by atoms with Gasteiger partial charge in [-0.1, -0.05) is 0 Å². The van der Waals surface area contributed by atoms with Crippen molar-refractivity contribution >= 4 is 27.6 Å². The highest BCUT2D eigenvalue weighted by molar-refractivity contribution is 8.00. The van der Waals surface area contributed by atoms with Gasteiger partial charge in [-0.25, -0.2) is 13.2 Å². The lowest BCUT2D eigenvalue weighted by molar-refractivity contribution is 0.185. The van der Waals surface area contributed by atoms with Gasteiger partial charge in [0, 0.05) is 30.3 Å². The lowest BCUT2D eigenvalue weighted by atomic mass is 9.93. The van der Waals surface area contributed by atoms with E-state index in [0.717, 1.165) is 25.0 Å². The number of carbonyl (C=O) groups is 1. The maximum absolute atomic E-state index is 12.0. The Labute approximate surface area is 106 Å². The highest BCUT2D eigenvalue weighted by Crippen LogP contribution is 2.22. The Morgan fingerprint density at radius 2 is 2.12 bits per heavy atom. The molecule has 1 N–H and O–H groups in total. The molecule has 1 atom stereocenters. The first kappa shape index (κ1) is 13.0. The standard InChI is InChI=1S/C10H18N2O3S2/c1-17(14,15)9-7-16-6-5-12(9)10(13)11-8-3-2-4-8/h8-9H,2-7H2,1H3,(H,11,13). The Morgan fingerprint density at radius 1 is 1.41 bits per heavy atom. The number of thioether (sulfide) groups is 1. The van der Waals surface area contributed by atoms with Crippen molar-refractivity contribution in [2.24, 2.45) is 0 Å². The maximum Gasteiger partial charge on any atom is 0.318 e. The van der Waals surface area contributed by atoms with E-state index in [9.17, 15) is 13.2 Å². The molecule has 17 heavy (non-hydrogen) atoms. The monoisotopic (exact) mass is 278 g/mol. The number of urea groups is 1. The first-order valence-corrected chi connectivity index (χ1v) is 8.93. The van der Waals surface area contributed by atoms with Crippen LogP contribution in [0.25, 0.3) is 0 Å². The summed E-state index contributed by atoms with van der Waals surface area (Å²) in [5.74, 6) is 1.29. The largest absolute Gasteiger partial charge is 0.335 e. The van der Waals surface area contributed by atoms with Gasteiger partial charge in [-0.15, -0.1) is 0 Å². The molecule has 1 aliphatic heterocycles. The molecule has 2 aliphatic rings. The zero-order valence-corrected chi connectivity index (χ0v) is 11.5. The summed E-state index contributed by atoms with van der Waals surface area (Å²) < 4.78 is 23.3. The van der Waals surface area contributed by atoms with Crippen LogP contribution < -0.4 is 5.32 Å². The van der Waals surface area contributed by atoms with Crippen LogP contribution in [0.2, 0.25) is 0 Å². The highest BCUT2D eigenvalue weighted by Gasteiger charge is 2.35. The van der Waals surface area contributed by atoms with Crippen LogP contribution in [0.1, 0.15) is 19.3 Å². The molecule has 1 heterocycles. The van der Waals surface area contributed by atoms with Gasteiger partial charge < -0.3 is 10.2 Å². The van der Waals surface area contributed by atoms with Gasteiger partial charge in [-0.3, -0.25) is 0 Å². The molecule has 0 spiro atoms. The molecule has 2 amide bonds. The maximum atomic E-state index is 12.0. The van der Waals surface area contributed by atoms with Gasteiger partial charge in [-0.05, 0) is 19.3 Å². The Kier molecular flexibility index (Phi) is 3.87. The molecule has 0 aromatic rings. The number of hydrogen-bond acceptors (Lipinski definition) is 4. The molecule has 2 rings (SSSR count). The molecule has 1 aliphatic carbocycles. The second-order valence-corrected chi connectivity index (χ2v) is 7.98. The van der Waals surface area contributed by atoms with Gasteiger partial charge in [0.2, 0.25) is 0 Å². The van der Waals surface area contributed by atoms with Crippen molar-refractivity contribution < 1.29 is 13.2 Å². The summed E-state index contributed by atoms with van der Waals surface area (Å²) in [6.45, 7) is 0.515. The number of nitrogens with one attached hydrogen (secondary N) is 1. The molecule has 1 saturated heterocycles. The molecule has 2 fully saturated rings. The number of carbonyl (C=O) groups excluding carboxylic acids is 1. The summed E-state index contributed by atoms with van der Waals surface area (Å²) in [7, 11) is -3.20. The lowest BCUT2D eigenvalue weighted by Gasteiger charge is -2.36. The van der Waals surface area contributed by atoms with Crippen molar-refractivity contribution in [2.75, 3.05) is 24.3 Å². The molecule has 0 aromatic heterocycles. The molecule has 1 unspecified atom stereocenters. The van der Waals surface area contributed by atoms with Crippen LogP contribution in [0.15, 0.2) is 0 Å². The number of rotatable bonds is 2. The van der Waals surface area contributed by atoms with Crippen LogP contribution in [-0.2, 0) is 9.84 Å². The minimum atomic E-state index is -3.20. The second-order valence-electron chi connectivity index (χ2n) is 4.63. The third kappa shape index (κ3) is 3.07. The molecular weight excluding hydrogens is 260 g/mol. The first-order chi connectivity index (χ1) is 7.98. The van der Waals surface area contributed by atoms with Crippen molar-refractivity contribution in [3.05, 3.63) is 0 Å². The number of nitrogens with zero attached hydrogens (tertiary/aromatic N) is 1. The van der Waals surface area contributed by atoms with E-state index >= 15 is 0 Å². The van der Waals surface area contributed by atoms with Gasteiger partial charge >= 0.3 is 6.03 Å². The predicted molar refractivity (Wildman–Crippen MR) is 68.8 cm³/mol. The van der Waals surface area contributed by atoms with Gasteiger partial charge in [0.25, 0.3) is 0 Å². The normalized spacial score (nSPS) is 26.4. The number of amides is 2. The van der Waals surface area contributed by atoms with Crippen LogP contribution in [0, 0.1) is 0 Å². The van der Waals surface area contributed by atoms with E-state index in [-0.39, 0.29) is 12.1 Å². The number of sulfone groups is 1. The zero-order chi connectivity index (χ0) is 12.5. The van der Waals surface area contributed by atoms with Crippen molar-refractivity contribution in [2.45, 2.75) is 30.7 Å². The fraction of sp³-hybridized carbons (Fsp3) is 0.900. The summed E-state index contributed by atoms with van der Waals surface area (Å²) in [6.07, 6.45) is 4.37. The summed E-state index contributed by atoms with van der Waals surface area (Å²) in [5.41, 5.74) is 0. The van der Waals surface area contributed by atoms with Crippen molar-refractivity contribution in [3.8, 4) is 0 Å². The smallest absolute Gasteiger partial charge is 0.318 e. The summed E-state index contributed by atoms with van der Waals surface area (Å²) in [6, 6.07) is 0.0303. The Hall–Kier alpha value is -0.430. The van der Waals surface area contributed by atoms with E-state index in [4.69, 9.17) is 0 Å². The average Bonchev–Trinajstić information content (AvgIpc) is 2.22. The van der Waals surface area contributed by atoms with Gasteiger partial charge in [0.15, 0.2) is 9.84 Å². The van der Waals surface area contributed by atoms with E-state index in [1.54, 1.807) is 11.8 Å². The molecule has 7 heteroatoms. The minimum Gasteiger partial charge on any atom is -0.335 e. The average molecular weight is 278 g/mol. The third-order valence-electron chi connectivity index (χ3n) is 3.27. The molecule has 0 aromatic carbocycles. The third-order valence-corrected chi connectivity index (χ3v) is 5.92. The SMILES string of the molecule is CS(=O)(=O)C1CSCCN1C(=O)NC1CCC1. The molecule has 0 radical (unpaired) electrons. The minimum absolute atomic E-state index is 0.217. The Morgan fingerprint density at radius 3 is 2.65 bits per heavy atom. The zero-order valence-electron chi connectivity index (χ0n) is 9.89. The summed E-state index contributed by atoms with van der Waals surface area (Å²) in [4.78, 5) is 13.5. The number of hydrogen-bond donors (Lipinski definition) is 1. The second kappa shape index (κ2) is 5.06. The first-order valence-electron chi connectivity index (χ1n) is 5.82. The molecular formula is C10H18N2O3S2. The Bertz CT molecular complexity index is 392. The van der Waals surface area contributed by atoms with Crippen molar-refractivity contribution in [3.63, 3.8) is 0 Å². The van der Waals surface area contributed by atoms with Crippen molar-refractivity contribution in [1.82, 2.24) is 10.2 Å². The van der Waals surface area contributed by atoms with E-state index in [2.05, 4.69) is 5.32 Å². The lowest BCUT2D eigenvalue weighted by Crippen LogP contribution is -2.56. The molecule has 5 nitrogen and oxygen atoms in total. The van der Waals surface area contributed by atoms with Crippen LogP contribution in [-0.4, -0.2) is 55.1 Å². The van der Waals surface area contributed by atoms with Gasteiger partial charge in [-0.2, -0.15) is 11.8 Å². The topological polar surface area (TPSA) is 66.5 Å². The quantitative estimate of drug-likeness (QED) is 0.806. The molecule has 1 saturated carbocycles. The fourth-order valence-corrected chi connectivity index (χ4v) is 4.79. The van der Waals surface area contributed by atoms with E-state index in [1.807, 2.05) is 0 Å². The summed E-state index contributed by atoms with van der Waals surface area (Å²) in [5, 5.41) is 2.24. The van der Waals surface area contributed by atoms with E-state index in [1.165, 1.54) is 11.2 Å². The van der Waals surface area contributed by atoms with E-state index < -0.39 is 15.2 Å². The van der Waals surface area contributed by atoms with Crippen molar-refractivity contribution in [1.29, 1.82) is 0 Å². The van der Waals surface area contributed by atoms with Gasteiger partial charge in [0.1, 0.15) is 5.37 Å². The predicted octanol–water partition coefficient (Wildman–Crippen LogP) is 0.668. The summed E-state index contributed by atoms with van der Waals surface area (Å²) >= 11 is 1.59.